The monoisotopic (exact) mass is 625 g/mol. The number of piperazine rings is 1. The number of benzene rings is 1. The molecule has 0 spiro atoms. The third-order valence-corrected chi connectivity index (χ3v) is 7.22. The van der Waals surface area contributed by atoms with Crippen LogP contribution in [-0.2, 0) is 40.3 Å². The van der Waals surface area contributed by atoms with Gasteiger partial charge in [0.05, 0.1) is 42.1 Å². The largest absolute Gasteiger partial charge is 0.499 e. The number of carbonyl (C=O) groups is 1. The lowest BCUT2D eigenvalue weighted by molar-refractivity contribution is -0.138. The minimum absolute atomic E-state index is 0.0458. The molecule has 4 aromatic rings. The molecule has 45 heavy (non-hydrogen) atoms. The van der Waals surface area contributed by atoms with Gasteiger partial charge in [0.25, 0.3) is 11.1 Å². The van der Waals surface area contributed by atoms with Crippen LogP contribution in [0.15, 0.2) is 76.9 Å². The molecule has 0 N–H and O–H groups in total. The van der Waals surface area contributed by atoms with E-state index in [1.807, 2.05) is 30.3 Å². The van der Waals surface area contributed by atoms with E-state index in [-0.39, 0.29) is 42.9 Å². The quantitative estimate of drug-likeness (QED) is 0.149. The number of nitrogens with zero attached hydrogens (tertiary/aromatic N) is 7. The van der Waals surface area contributed by atoms with Crippen molar-refractivity contribution in [1.29, 1.82) is 0 Å². The zero-order valence-electron chi connectivity index (χ0n) is 24.3. The van der Waals surface area contributed by atoms with E-state index in [1.54, 1.807) is 16.7 Å². The van der Waals surface area contributed by atoms with E-state index in [9.17, 15) is 27.6 Å². The van der Waals surface area contributed by atoms with Gasteiger partial charge in [-0.15, -0.1) is 0 Å². The van der Waals surface area contributed by atoms with Gasteiger partial charge in [0.15, 0.2) is 0 Å². The normalized spacial score (nSPS) is 14.0. The lowest BCUT2D eigenvalue weighted by Gasteiger charge is -2.34. The average molecular weight is 626 g/mol. The lowest BCUT2D eigenvalue weighted by Crippen LogP contribution is -2.48. The number of pyridine rings is 1. The van der Waals surface area contributed by atoms with Crippen molar-refractivity contribution < 1.29 is 27.4 Å². The van der Waals surface area contributed by atoms with Crippen LogP contribution in [0.4, 0.5) is 19.1 Å². The summed E-state index contributed by atoms with van der Waals surface area (Å²) in [5.41, 5.74) is 0.211. The smallest absolute Gasteiger partial charge is 0.419 e. The molecule has 0 bridgehead atoms. The molecule has 1 saturated heterocycles. The number of halogens is 3. The molecule has 0 aliphatic carbocycles. The molecule has 1 amide bonds. The highest BCUT2D eigenvalue weighted by Gasteiger charge is 2.32. The van der Waals surface area contributed by atoms with Crippen molar-refractivity contribution in [3.63, 3.8) is 0 Å². The van der Waals surface area contributed by atoms with Crippen LogP contribution in [0, 0.1) is 6.92 Å². The van der Waals surface area contributed by atoms with Gasteiger partial charge in [0.1, 0.15) is 13.3 Å². The van der Waals surface area contributed by atoms with Crippen molar-refractivity contribution in [3.05, 3.63) is 105 Å². The van der Waals surface area contributed by atoms with Crippen LogP contribution < -0.4 is 16.0 Å². The Balaban J connectivity index is 1.13. The molecule has 1 aliphatic rings. The van der Waals surface area contributed by atoms with Gasteiger partial charge < -0.3 is 23.8 Å². The first kappa shape index (κ1) is 31.4. The maximum absolute atomic E-state index is 13.2. The van der Waals surface area contributed by atoms with Crippen LogP contribution in [-0.4, -0.2) is 67.9 Å². The van der Waals surface area contributed by atoms with Gasteiger partial charge in [-0.2, -0.15) is 18.3 Å². The van der Waals surface area contributed by atoms with Crippen molar-refractivity contribution in [3.8, 4) is 0 Å². The number of hydrogen-bond donors (Lipinski definition) is 0. The number of carbonyl (C=O) groups excluding carboxylic acids is 1. The van der Waals surface area contributed by atoms with E-state index >= 15 is 0 Å². The van der Waals surface area contributed by atoms with Crippen molar-refractivity contribution in [2.45, 2.75) is 33.0 Å². The van der Waals surface area contributed by atoms with Crippen molar-refractivity contribution >= 4 is 22.8 Å². The molecule has 3 aromatic heterocycles. The number of fused-ring (bicyclic) bond motifs is 1. The summed E-state index contributed by atoms with van der Waals surface area (Å²) < 4.78 is 52.0. The van der Waals surface area contributed by atoms with E-state index in [2.05, 4.69) is 15.1 Å². The Labute approximate surface area is 254 Å². The van der Waals surface area contributed by atoms with Crippen LogP contribution in [0.2, 0.25) is 0 Å². The Morgan fingerprint density at radius 3 is 2.42 bits per heavy atom. The fraction of sp³-hybridized carbons (Fsp3) is 0.333. The molecule has 1 aromatic carbocycles. The topological polar surface area (TPSA) is 125 Å². The van der Waals surface area contributed by atoms with E-state index in [0.29, 0.717) is 49.3 Å². The average Bonchev–Trinajstić information content (AvgIpc) is 3.03. The van der Waals surface area contributed by atoms with E-state index in [1.165, 1.54) is 33.9 Å². The van der Waals surface area contributed by atoms with E-state index in [4.69, 9.17) is 9.47 Å². The molecule has 0 radical (unpaired) electrons. The van der Waals surface area contributed by atoms with Gasteiger partial charge in [0.2, 0.25) is 11.9 Å². The fourth-order valence-corrected chi connectivity index (χ4v) is 4.84. The van der Waals surface area contributed by atoms with Crippen molar-refractivity contribution in [1.82, 2.24) is 29.2 Å². The van der Waals surface area contributed by atoms with Crippen LogP contribution >= 0.6 is 0 Å². The van der Waals surface area contributed by atoms with Gasteiger partial charge in [0, 0.05) is 50.7 Å². The van der Waals surface area contributed by atoms with Gasteiger partial charge in [-0.1, -0.05) is 30.3 Å². The Bertz CT molecular complexity index is 1780. The van der Waals surface area contributed by atoms with Crippen LogP contribution in [0.1, 0.15) is 16.7 Å². The van der Waals surface area contributed by atoms with Gasteiger partial charge in [-0.25, -0.2) is 14.6 Å². The van der Waals surface area contributed by atoms with E-state index < -0.39 is 11.7 Å². The molecule has 0 saturated carbocycles. The number of ether oxygens (including phenoxy) is 2. The maximum Gasteiger partial charge on any atom is 0.419 e. The summed E-state index contributed by atoms with van der Waals surface area (Å²) >= 11 is 0. The summed E-state index contributed by atoms with van der Waals surface area (Å²) in [4.78, 5) is 49.4. The first-order valence-corrected chi connectivity index (χ1v) is 14.0. The highest BCUT2D eigenvalue weighted by Crippen LogP contribution is 2.28. The number of hydrogen-bond acceptors (Lipinski definition) is 9. The number of rotatable bonds is 10. The molecule has 1 fully saturated rings. The number of aromatic nitrogens is 5. The fourth-order valence-electron chi connectivity index (χ4n) is 4.84. The zero-order chi connectivity index (χ0) is 32.0. The second-order valence-corrected chi connectivity index (χ2v) is 10.2. The third kappa shape index (κ3) is 7.55. The Morgan fingerprint density at radius 2 is 1.73 bits per heavy atom. The standard InChI is InChI=1S/C30H30F3N7O5/c1-21-15-26(42)39(24-18-36-40(28(43)27(21)24)20-45-19-22-5-3-2-4-6-22)12-14-44-13-7-25(41)37-8-10-38(11-9-37)29-34-16-23(17-35-29)30(31,32)33/h2-7,13,15-18H,8-12,14,19-20H2,1H3. The predicted molar refractivity (Wildman–Crippen MR) is 157 cm³/mol. The molecule has 12 nitrogen and oxygen atoms in total. The minimum Gasteiger partial charge on any atom is -0.499 e. The SMILES string of the molecule is Cc1cc(=O)n(CCOC=CC(=O)N2CCN(c3ncc(C(F)(F)F)cn3)CC2)c2cnn(COCc3ccccc3)c(=O)c12. The Morgan fingerprint density at radius 1 is 1.02 bits per heavy atom. The molecule has 236 valence electrons. The maximum atomic E-state index is 13.2. The minimum atomic E-state index is -4.51. The van der Waals surface area contributed by atoms with Gasteiger partial charge in [-0.05, 0) is 18.1 Å². The summed E-state index contributed by atoms with van der Waals surface area (Å²) in [6.45, 7) is 3.44. The summed E-state index contributed by atoms with van der Waals surface area (Å²) in [5.74, 6) is -0.140. The summed E-state index contributed by atoms with van der Waals surface area (Å²) in [7, 11) is 0. The zero-order valence-corrected chi connectivity index (χ0v) is 24.3. The van der Waals surface area contributed by atoms with Crippen molar-refractivity contribution in [2.24, 2.45) is 0 Å². The lowest BCUT2D eigenvalue weighted by atomic mass is 10.2. The second-order valence-electron chi connectivity index (χ2n) is 10.2. The second kappa shape index (κ2) is 13.7. The van der Waals surface area contributed by atoms with Gasteiger partial charge in [-0.3, -0.25) is 14.4 Å². The summed E-state index contributed by atoms with van der Waals surface area (Å²) in [5, 5.41) is 4.54. The first-order chi connectivity index (χ1) is 21.6. The van der Waals surface area contributed by atoms with Crippen molar-refractivity contribution in [2.75, 3.05) is 37.7 Å². The predicted octanol–water partition coefficient (Wildman–Crippen LogP) is 2.73. The molecular formula is C30H30F3N7O5. The summed E-state index contributed by atoms with van der Waals surface area (Å²) in [6, 6.07) is 10.9. The number of anilines is 1. The van der Waals surface area contributed by atoms with Crippen LogP contribution in [0.3, 0.4) is 0 Å². The highest BCUT2D eigenvalue weighted by atomic mass is 19.4. The molecular weight excluding hydrogens is 595 g/mol. The van der Waals surface area contributed by atoms with Gasteiger partial charge >= 0.3 is 6.18 Å². The molecule has 15 heteroatoms. The van der Waals surface area contributed by atoms with Crippen LogP contribution in [0.5, 0.6) is 0 Å². The third-order valence-electron chi connectivity index (χ3n) is 7.22. The number of alkyl halides is 3. The highest BCUT2D eigenvalue weighted by molar-refractivity contribution is 5.87. The molecule has 5 rings (SSSR count). The molecule has 1 aliphatic heterocycles. The number of amides is 1. The van der Waals surface area contributed by atoms with Crippen LogP contribution in [0.25, 0.3) is 10.9 Å². The Hall–Kier alpha value is -5.05. The Kier molecular flexibility index (Phi) is 9.56. The first-order valence-electron chi connectivity index (χ1n) is 14.0. The molecule has 0 atom stereocenters. The van der Waals surface area contributed by atoms with E-state index in [0.717, 1.165) is 18.0 Å². The number of aryl methyl sites for hydroxylation is 1. The molecule has 4 heterocycles. The summed E-state index contributed by atoms with van der Waals surface area (Å²) in [6.07, 6.45) is 0.916. The molecule has 0 unspecified atom stereocenters.